The van der Waals surface area contributed by atoms with Crippen molar-refractivity contribution < 1.29 is 14.2 Å². The Hall–Kier alpha value is -1.99. The molecule has 0 fully saturated rings. The Bertz CT molecular complexity index is 675. The Balaban J connectivity index is 0.00000192. The Morgan fingerprint density at radius 1 is 1.00 bits per heavy atom. The third-order valence-electron chi connectivity index (χ3n) is 3.81. The van der Waals surface area contributed by atoms with Gasteiger partial charge in [0.1, 0.15) is 5.82 Å². The van der Waals surface area contributed by atoms with Crippen LogP contribution in [-0.2, 0) is 13.0 Å². The predicted molar refractivity (Wildman–Crippen MR) is 88.9 cm³/mol. The van der Waals surface area contributed by atoms with Crippen LogP contribution in [0.1, 0.15) is 5.82 Å². The van der Waals surface area contributed by atoms with Crippen molar-refractivity contribution >= 4 is 12.4 Å². The zero-order valence-electron chi connectivity index (χ0n) is 13.5. The molecule has 0 radical (unpaired) electrons. The van der Waals surface area contributed by atoms with Gasteiger partial charge in [-0.3, -0.25) is 0 Å². The zero-order chi connectivity index (χ0) is 15.5. The number of halogens is 1. The molecule has 1 aromatic heterocycles. The molecule has 7 nitrogen and oxygen atoms in total. The molecule has 23 heavy (non-hydrogen) atoms. The summed E-state index contributed by atoms with van der Waals surface area (Å²) < 4.78 is 18.5. The molecule has 3 rings (SSSR count). The molecule has 0 saturated carbocycles. The first kappa shape index (κ1) is 17.4. The summed E-state index contributed by atoms with van der Waals surface area (Å²) in [5, 5.41) is 12.0. The maximum absolute atomic E-state index is 5.55. The second kappa shape index (κ2) is 7.52. The number of ether oxygens (including phenoxy) is 3. The summed E-state index contributed by atoms with van der Waals surface area (Å²) in [6.45, 7) is 2.64. The van der Waals surface area contributed by atoms with Crippen LogP contribution in [0.15, 0.2) is 12.1 Å². The molecule has 0 atom stereocenters. The Morgan fingerprint density at radius 2 is 1.78 bits per heavy atom. The van der Waals surface area contributed by atoms with E-state index in [0.29, 0.717) is 17.2 Å². The third-order valence-corrected chi connectivity index (χ3v) is 3.81. The van der Waals surface area contributed by atoms with Crippen molar-refractivity contribution in [1.29, 1.82) is 0 Å². The second-order valence-electron chi connectivity index (χ2n) is 4.97. The highest BCUT2D eigenvalue weighted by molar-refractivity contribution is 5.85. The van der Waals surface area contributed by atoms with Crippen molar-refractivity contribution in [3.05, 3.63) is 18.0 Å². The van der Waals surface area contributed by atoms with Gasteiger partial charge in [-0.15, -0.1) is 22.6 Å². The van der Waals surface area contributed by atoms with Crippen LogP contribution in [0.25, 0.3) is 11.4 Å². The Kier molecular flexibility index (Phi) is 5.68. The summed E-state index contributed by atoms with van der Waals surface area (Å²) in [4.78, 5) is 0. The largest absolute Gasteiger partial charge is 0.493 e. The van der Waals surface area contributed by atoms with Gasteiger partial charge in [0, 0.05) is 26.1 Å². The predicted octanol–water partition coefficient (Wildman–Crippen LogP) is 1.54. The highest BCUT2D eigenvalue weighted by Gasteiger charge is 2.23. The summed E-state index contributed by atoms with van der Waals surface area (Å²) in [6.07, 6.45) is 0.864. The number of hydrogen-bond donors (Lipinski definition) is 1. The third kappa shape index (κ3) is 3.07. The van der Waals surface area contributed by atoms with Gasteiger partial charge >= 0.3 is 0 Å². The lowest BCUT2D eigenvalue weighted by molar-refractivity contribution is 0.325. The fourth-order valence-electron chi connectivity index (χ4n) is 2.75. The molecule has 0 amide bonds. The van der Waals surface area contributed by atoms with Crippen LogP contribution in [0.3, 0.4) is 0 Å². The molecular weight excluding hydrogens is 320 g/mol. The van der Waals surface area contributed by atoms with Gasteiger partial charge in [0.05, 0.1) is 26.9 Å². The topological polar surface area (TPSA) is 70.4 Å². The number of nitrogens with zero attached hydrogens (tertiary/aromatic N) is 3. The van der Waals surface area contributed by atoms with Crippen molar-refractivity contribution in [1.82, 2.24) is 20.1 Å². The van der Waals surface area contributed by atoms with E-state index in [9.17, 15) is 0 Å². The van der Waals surface area contributed by atoms with Gasteiger partial charge in [-0.05, 0) is 12.1 Å². The fourth-order valence-corrected chi connectivity index (χ4v) is 2.75. The number of methoxy groups -OCH3 is 3. The highest BCUT2D eigenvalue weighted by atomic mass is 35.5. The SMILES string of the molecule is COc1ccc(-c2nnc3n2CCNCC3)c(OC)c1OC.Cl. The lowest BCUT2D eigenvalue weighted by Gasteiger charge is -2.16. The minimum atomic E-state index is 0. The van der Waals surface area contributed by atoms with E-state index < -0.39 is 0 Å². The van der Waals surface area contributed by atoms with E-state index in [0.717, 1.165) is 43.3 Å². The smallest absolute Gasteiger partial charge is 0.204 e. The first-order valence-corrected chi connectivity index (χ1v) is 7.22. The number of rotatable bonds is 4. The van der Waals surface area contributed by atoms with Crippen LogP contribution in [0.5, 0.6) is 17.2 Å². The van der Waals surface area contributed by atoms with Gasteiger partial charge in [0.25, 0.3) is 0 Å². The second-order valence-corrected chi connectivity index (χ2v) is 4.97. The summed E-state index contributed by atoms with van der Waals surface area (Å²) in [5.74, 6) is 3.56. The number of hydrogen-bond acceptors (Lipinski definition) is 6. The van der Waals surface area contributed by atoms with Gasteiger partial charge in [0.15, 0.2) is 17.3 Å². The van der Waals surface area contributed by atoms with Gasteiger partial charge < -0.3 is 24.1 Å². The maximum Gasteiger partial charge on any atom is 0.204 e. The Labute approximate surface area is 141 Å². The van der Waals surface area contributed by atoms with E-state index in [1.54, 1.807) is 21.3 Å². The number of benzene rings is 1. The minimum Gasteiger partial charge on any atom is -0.493 e. The van der Waals surface area contributed by atoms with E-state index in [4.69, 9.17) is 14.2 Å². The number of aromatic nitrogens is 3. The molecule has 2 heterocycles. The molecule has 126 valence electrons. The maximum atomic E-state index is 5.55. The molecular formula is C15H21ClN4O3. The number of fused-ring (bicyclic) bond motifs is 1. The Morgan fingerprint density at radius 3 is 2.48 bits per heavy atom. The molecule has 8 heteroatoms. The first-order chi connectivity index (χ1) is 10.8. The quantitative estimate of drug-likeness (QED) is 0.910. The molecule has 1 aromatic carbocycles. The van der Waals surface area contributed by atoms with E-state index in [-0.39, 0.29) is 12.4 Å². The van der Waals surface area contributed by atoms with Crippen LogP contribution >= 0.6 is 12.4 Å². The van der Waals surface area contributed by atoms with E-state index in [1.807, 2.05) is 12.1 Å². The normalized spacial score (nSPS) is 13.5. The van der Waals surface area contributed by atoms with Crippen LogP contribution in [0, 0.1) is 0 Å². The molecule has 2 aromatic rings. The van der Waals surface area contributed by atoms with Crippen LogP contribution in [0.4, 0.5) is 0 Å². The molecule has 0 saturated heterocycles. The number of nitrogens with one attached hydrogen (secondary N) is 1. The van der Waals surface area contributed by atoms with Crippen molar-refractivity contribution in [3.63, 3.8) is 0 Å². The van der Waals surface area contributed by atoms with Crippen molar-refractivity contribution in [2.75, 3.05) is 34.4 Å². The fraction of sp³-hybridized carbons (Fsp3) is 0.467. The minimum absolute atomic E-state index is 0. The summed E-state index contributed by atoms with van der Waals surface area (Å²) >= 11 is 0. The molecule has 0 unspecified atom stereocenters. The van der Waals surface area contributed by atoms with Crippen LogP contribution < -0.4 is 19.5 Å². The molecule has 1 aliphatic rings. The van der Waals surface area contributed by atoms with Crippen LogP contribution in [-0.4, -0.2) is 49.2 Å². The van der Waals surface area contributed by atoms with Gasteiger partial charge in [0.2, 0.25) is 5.75 Å². The van der Waals surface area contributed by atoms with E-state index in [2.05, 4.69) is 20.1 Å². The van der Waals surface area contributed by atoms with Crippen molar-refractivity contribution in [2.24, 2.45) is 0 Å². The molecule has 0 bridgehead atoms. The molecule has 0 aliphatic carbocycles. The average molecular weight is 341 g/mol. The van der Waals surface area contributed by atoms with Crippen molar-refractivity contribution in [3.8, 4) is 28.6 Å². The van der Waals surface area contributed by atoms with Gasteiger partial charge in [-0.1, -0.05) is 0 Å². The lowest BCUT2D eigenvalue weighted by Crippen LogP contribution is -2.17. The molecule has 0 spiro atoms. The summed E-state index contributed by atoms with van der Waals surface area (Å²) in [7, 11) is 4.81. The van der Waals surface area contributed by atoms with E-state index >= 15 is 0 Å². The molecule has 1 aliphatic heterocycles. The summed E-state index contributed by atoms with van der Waals surface area (Å²) in [5.41, 5.74) is 0.848. The average Bonchev–Trinajstić information content (AvgIpc) is 2.81. The van der Waals surface area contributed by atoms with Gasteiger partial charge in [-0.25, -0.2) is 0 Å². The first-order valence-electron chi connectivity index (χ1n) is 7.22. The van der Waals surface area contributed by atoms with Gasteiger partial charge in [-0.2, -0.15) is 0 Å². The monoisotopic (exact) mass is 340 g/mol. The zero-order valence-corrected chi connectivity index (χ0v) is 14.3. The van der Waals surface area contributed by atoms with E-state index in [1.165, 1.54) is 0 Å². The standard InChI is InChI=1S/C15H20N4O3.ClH/c1-20-11-5-4-10(13(21-2)14(11)22-3)15-18-17-12-6-7-16-8-9-19(12)15;/h4-5,16H,6-9H2,1-3H3;1H. The lowest BCUT2D eigenvalue weighted by atomic mass is 10.1. The highest BCUT2D eigenvalue weighted by Crippen LogP contribution is 2.43. The van der Waals surface area contributed by atoms with Crippen LogP contribution in [0.2, 0.25) is 0 Å². The summed E-state index contributed by atoms with van der Waals surface area (Å²) in [6, 6.07) is 3.78. The van der Waals surface area contributed by atoms with Crippen molar-refractivity contribution in [2.45, 2.75) is 13.0 Å². The molecule has 1 N–H and O–H groups in total.